The third-order valence-electron chi connectivity index (χ3n) is 4.24. The van der Waals surface area contributed by atoms with Crippen molar-refractivity contribution in [2.75, 3.05) is 0 Å². The molecule has 0 aliphatic carbocycles. The van der Waals surface area contributed by atoms with Crippen LogP contribution in [-0.4, -0.2) is 28.0 Å². The number of rotatable bonds is 3. The molecule has 8 heteroatoms. The fourth-order valence-corrected chi connectivity index (χ4v) is 3.52. The summed E-state index contributed by atoms with van der Waals surface area (Å²) in [6, 6.07) is 14.8. The highest BCUT2D eigenvalue weighted by molar-refractivity contribution is 14.1. The summed E-state index contributed by atoms with van der Waals surface area (Å²) in [7, 11) is 0. The zero-order valence-corrected chi connectivity index (χ0v) is 15.8. The second-order valence-electron chi connectivity index (χ2n) is 5.84. The van der Waals surface area contributed by atoms with Crippen molar-refractivity contribution in [3.05, 3.63) is 85.0 Å². The second kappa shape index (κ2) is 6.54. The normalized spacial score (nSPS) is 13.6. The molecule has 0 aromatic heterocycles. The molecule has 1 heterocycles. The quantitative estimate of drug-likeness (QED) is 0.190. The second-order valence-corrected chi connectivity index (χ2v) is 7.00. The molecule has 0 unspecified atom stereocenters. The van der Waals surface area contributed by atoms with Crippen LogP contribution >= 0.6 is 22.6 Å². The van der Waals surface area contributed by atoms with Crippen LogP contribution in [-0.2, 0) is 0 Å². The molecule has 0 saturated heterocycles. The molecule has 2 amide bonds. The van der Waals surface area contributed by atoms with Crippen LogP contribution in [0.25, 0.3) is 10.8 Å². The van der Waals surface area contributed by atoms with E-state index in [1.807, 2.05) is 24.3 Å². The number of hydrogen-bond acceptors (Lipinski definition) is 5. The minimum Gasteiger partial charge on any atom is -0.267 e. The number of carbonyl (C=O) groups is 2. The molecule has 1 aliphatic rings. The Kier molecular flexibility index (Phi) is 4.19. The Balaban J connectivity index is 1.86. The van der Waals surface area contributed by atoms with E-state index in [1.54, 1.807) is 18.2 Å². The van der Waals surface area contributed by atoms with E-state index in [0.717, 1.165) is 14.1 Å². The lowest BCUT2D eigenvalue weighted by molar-refractivity contribution is -0.384. The predicted molar refractivity (Wildman–Crippen MR) is 108 cm³/mol. The van der Waals surface area contributed by atoms with Crippen molar-refractivity contribution in [1.29, 1.82) is 0 Å². The van der Waals surface area contributed by atoms with E-state index in [0.29, 0.717) is 10.8 Å². The van der Waals surface area contributed by atoms with Crippen molar-refractivity contribution >= 4 is 57.1 Å². The summed E-state index contributed by atoms with van der Waals surface area (Å²) < 4.78 is 0.911. The Morgan fingerprint density at radius 1 is 1.00 bits per heavy atom. The highest BCUT2D eigenvalue weighted by Gasteiger charge is 2.34. The highest BCUT2D eigenvalue weighted by atomic mass is 127. The van der Waals surface area contributed by atoms with Gasteiger partial charge in [-0.15, -0.1) is 0 Å². The maximum absolute atomic E-state index is 12.9. The average molecular weight is 471 g/mol. The van der Waals surface area contributed by atoms with Crippen LogP contribution in [0.4, 0.5) is 5.69 Å². The topological polar surface area (TPSA) is 92.9 Å². The third kappa shape index (κ3) is 2.87. The van der Waals surface area contributed by atoms with Crippen molar-refractivity contribution in [2.24, 2.45) is 5.10 Å². The fraction of sp³-hybridized carbons (Fsp3) is 0. The van der Waals surface area contributed by atoms with E-state index >= 15 is 0 Å². The van der Waals surface area contributed by atoms with Gasteiger partial charge >= 0.3 is 0 Å². The van der Waals surface area contributed by atoms with E-state index < -0.39 is 16.7 Å². The van der Waals surface area contributed by atoms with Gasteiger partial charge in [0.2, 0.25) is 0 Å². The maximum Gasteiger partial charge on any atom is 0.282 e. The van der Waals surface area contributed by atoms with Gasteiger partial charge in [0, 0.05) is 26.7 Å². The zero-order chi connectivity index (χ0) is 19.1. The SMILES string of the molecule is O=C1c2cccc3cc([N+](=O)[O-])cc(c23)C(=O)N1N=Cc1ccccc1I. The minimum atomic E-state index is -0.686. The van der Waals surface area contributed by atoms with E-state index in [1.165, 1.54) is 18.3 Å². The smallest absolute Gasteiger partial charge is 0.267 e. The number of non-ortho nitro benzene ring substituents is 1. The molecule has 0 bridgehead atoms. The molecule has 7 nitrogen and oxygen atoms in total. The van der Waals surface area contributed by atoms with Crippen molar-refractivity contribution in [3.63, 3.8) is 0 Å². The minimum absolute atomic E-state index is 0.0920. The van der Waals surface area contributed by atoms with E-state index in [4.69, 9.17) is 0 Å². The molecule has 3 aromatic carbocycles. The van der Waals surface area contributed by atoms with Crippen molar-refractivity contribution < 1.29 is 14.5 Å². The highest BCUT2D eigenvalue weighted by Crippen LogP contribution is 2.33. The van der Waals surface area contributed by atoms with Gasteiger partial charge in [-0.3, -0.25) is 19.7 Å². The van der Waals surface area contributed by atoms with E-state index in [9.17, 15) is 19.7 Å². The summed E-state index contributed by atoms with van der Waals surface area (Å²) in [6.07, 6.45) is 1.43. The summed E-state index contributed by atoms with van der Waals surface area (Å²) in [5, 5.41) is 16.9. The number of nitro benzene ring substituents is 1. The fourth-order valence-electron chi connectivity index (χ4n) is 2.99. The number of imide groups is 1. The largest absolute Gasteiger partial charge is 0.282 e. The molecule has 0 fully saturated rings. The molecule has 0 N–H and O–H groups in total. The first kappa shape index (κ1) is 17.3. The number of hydrazone groups is 1. The summed E-state index contributed by atoms with van der Waals surface area (Å²) in [5.74, 6) is -1.25. The Labute approximate surface area is 166 Å². The first-order chi connectivity index (χ1) is 13.0. The van der Waals surface area contributed by atoms with Crippen LogP contribution in [0.2, 0.25) is 0 Å². The first-order valence-corrected chi connectivity index (χ1v) is 8.93. The molecule has 0 spiro atoms. The van der Waals surface area contributed by atoms with Gasteiger partial charge in [-0.1, -0.05) is 30.3 Å². The lowest BCUT2D eigenvalue weighted by atomic mass is 9.94. The number of nitrogens with zero attached hydrogens (tertiary/aromatic N) is 3. The maximum atomic E-state index is 12.9. The van der Waals surface area contributed by atoms with Crippen LogP contribution in [0.5, 0.6) is 0 Å². The van der Waals surface area contributed by atoms with Gasteiger partial charge in [0.1, 0.15) is 0 Å². The molecule has 0 saturated carbocycles. The average Bonchev–Trinajstić information content (AvgIpc) is 2.66. The number of halogens is 1. The van der Waals surface area contributed by atoms with E-state index in [2.05, 4.69) is 27.7 Å². The molecule has 3 aromatic rings. The number of nitro groups is 1. The monoisotopic (exact) mass is 471 g/mol. The Bertz CT molecular complexity index is 1170. The number of hydrogen-bond donors (Lipinski definition) is 0. The van der Waals surface area contributed by atoms with Crippen LogP contribution < -0.4 is 0 Å². The molecule has 27 heavy (non-hydrogen) atoms. The lowest BCUT2D eigenvalue weighted by Crippen LogP contribution is -2.36. The summed E-state index contributed by atoms with van der Waals surface area (Å²) in [5.41, 5.74) is 0.923. The van der Waals surface area contributed by atoms with Gasteiger partial charge in [-0.2, -0.15) is 10.1 Å². The lowest BCUT2D eigenvalue weighted by Gasteiger charge is -2.23. The van der Waals surface area contributed by atoms with Crippen molar-refractivity contribution in [1.82, 2.24) is 5.01 Å². The molecular formula is C19H10IN3O4. The number of carbonyl (C=O) groups excluding carboxylic acids is 2. The standard InChI is InChI=1S/C19H10IN3O4/c20-16-7-2-1-4-12(16)10-21-22-18(24)14-6-3-5-11-8-13(23(26)27)9-15(17(11)14)19(22)25/h1-10H. The Morgan fingerprint density at radius 3 is 2.48 bits per heavy atom. The van der Waals surface area contributed by atoms with Crippen LogP contribution in [0, 0.1) is 13.7 Å². The molecule has 1 aliphatic heterocycles. The predicted octanol–water partition coefficient (Wildman–Crippen LogP) is 3.98. The summed E-state index contributed by atoms with van der Waals surface area (Å²) >= 11 is 2.13. The van der Waals surface area contributed by atoms with Gasteiger partial charge in [0.15, 0.2) is 0 Å². The Morgan fingerprint density at radius 2 is 1.74 bits per heavy atom. The van der Waals surface area contributed by atoms with Crippen LogP contribution in [0.1, 0.15) is 26.3 Å². The van der Waals surface area contributed by atoms with Crippen LogP contribution in [0.15, 0.2) is 59.7 Å². The molecule has 0 radical (unpaired) electrons. The van der Waals surface area contributed by atoms with Crippen molar-refractivity contribution in [3.8, 4) is 0 Å². The van der Waals surface area contributed by atoms with Gasteiger partial charge < -0.3 is 0 Å². The molecule has 4 rings (SSSR count). The third-order valence-corrected chi connectivity index (χ3v) is 5.22. The first-order valence-electron chi connectivity index (χ1n) is 7.86. The number of amides is 2. The van der Waals surface area contributed by atoms with Gasteiger partial charge in [0.05, 0.1) is 22.3 Å². The van der Waals surface area contributed by atoms with Gasteiger partial charge in [-0.25, -0.2) is 0 Å². The van der Waals surface area contributed by atoms with Crippen molar-refractivity contribution in [2.45, 2.75) is 0 Å². The summed E-state index contributed by atoms with van der Waals surface area (Å²) in [6.45, 7) is 0. The van der Waals surface area contributed by atoms with Gasteiger partial charge in [-0.05, 0) is 40.1 Å². The summed E-state index contributed by atoms with van der Waals surface area (Å²) in [4.78, 5) is 36.3. The van der Waals surface area contributed by atoms with Crippen LogP contribution in [0.3, 0.4) is 0 Å². The molecule has 0 atom stereocenters. The number of benzene rings is 3. The van der Waals surface area contributed by atoms with E-state index in [-0.39, 0.29) is 16.8 Å². The van der Waals surface area contributed by atoms with Gasteiger partial charge in [0.25, 0.3) is 17.5 Å². The Hall–Kier alpha value is -3.14. The molecular weight excluding hydrogens is 461 g/mol. The zero-order valence-electron chi connectivity index (χ0n) is 13.6. The molecule has 132 valence electrons.